The van der Waals surface area contributed by atoms with Crippen molar-refractivity contribution in [2.75, 3.05) is 6.54 Å². The molecule has 0 saturated heterocycles. The Balaban J connectivity index is 2.31. The van der Waals surface area contributed by atoms with E-state index in [9.17, 15) is 0 Å². The molecular formula is C8H18N4. The van der Waals surface area contributed by atoms with Crippen molar-refractivity contribution in [3.8, 4) is 0 Å². The summed E-state index contributed by atoms with van der Waals surface area (Å²) in [7, 11) is 0. The molecule has 0 aromatic carbocycles. The van der Waals surface area contributed by atoms with Crippen molar-refractivity contribution in [2.24, 2.45) is 28.4 Å². The minimum absolute atomic E-state index is 0.342. The number of rotatable bonds is 2. The fraction of sp³-hybridized carbons (Fsp3) is 0.875. The molecule has 0 radical (unpaired) electrons. The lowest BCUT2D eigenvalue weighted by molar-refractivity contribution is 0.429. The molecular weight excluding hydrogens is 152 g/mol. The molecule has 1 fully saturated rings. The summed E-state index contributed by atoms with van der Waals surface area (Å²) in [6.07, 6.45) is 3.94. The summed E-state index contributed by atoms with van der Waals surface area (Å²) in [5.74, 6) is 6.92. The minimum Gasteiger partial charge on any atom is -0.369 e. The second-order valence-corrected chi connectivity index (χ2v) is 3.54. The molecule has 1 aliphatic carbocycles. The summed E-state index contributed by atoms with van der Waals surface area (Å²) in [5.41, 5.74) is 7.74. The van der Waals surface area contributed by atoms with E-state index in [4.69, 9.17) is 11.6 Å². The Morgan fingerprint density at radius 3 is 2.83 bits per heavy atom. The van der Waals surface area contributed by atoms with Gasteiger partial charge in [-0.2, -0.15) is 0 Å². The van der Waals surface area contributed by atoms with E-state index < -0.39 is 0 Å². The van der Waals surface area contributed by atoms with Crippen molar-refractivity contribution in [3.63, 3.8) is 0 Å². The largest absolute Gasteiger partial charge is 0.369 e. The molecule has 0 aromatic rings. The van der Waals surface area contributed by atoms with Crippen LogP contribution in [-0.2, 0) is 0 Å². The third kappa shape index (κ3) is 2.37. The molecule has 4 nitrogen and oxygen atoms in total. The first-order valence-electron chi connectivity index (χ1n) is 4.50. The number of aliphatic imine (C=N–C) groups is 1. The van der Waals surface area contributed by atoms with Gasteiger partial charge < -0.3 is 5.73 Å². The predicted molar refractivity (Wildman–Crippen MR) is 50.3 cm³/mol. The highest BCUT2D eigenvalue weighted by Gasteiger charge is 2.22. The number of hydrogen-bond donors (Lipinski definition) is 3. The van der Waals surface area contributed by atoms with Crippen LogP contribution in [0.3, 0.4) is 0 Å². The summed E-state index contributed by atoms with van der Waals surface area (Å²) >= 11 is 0. The molecule has 0 heterocycles. The van der Waals surface area contributed by atoms with Gasteiger partial charge in [0.2, 0.25) is 5.96 Å². The lowest BCUT2D eigenvalue weighted by Gasteiger charge is -2.11. The summed E-state index contributed by atoms with van der Waals surface area (Å²) < 4.78 is 0. The fourth-order valence-corrected chi connectivity index (χ4v) is 1.75. The first-order chi connectivity index (χ1) is 5.74. The quantitative estimate of drug-likeness (QED) is 0.240. The zero-order chi connectivity index (χ0) is 8.97. The van der Waals surface area contributed by atoms with Crippen LogP contribution in [0.2, 0.25) is 0 Å². The van der Waals surface area contributed by atoms with Gasteiger partial charge in [0.15, 0.2) is 0 Å². The highest BCUT2D eigenvalue weighted by molar-refractivity contribution is 5.77. The molecule has 1 rings (SSSR count). The van der Waals surface area contributed by atoms with Crippen LogP contribution >= 0.6 is 0 Å². The van der Waals surface area contributed by atoms with E-state index in [0.717, 1.165) is 12.5 Å². The number of nitrogens with zero attached hydrogens (tertiary/aromatic N) is 1. The molecule has 0 aromatic heterocycles. The molecule has 0 aliphatic heterocycles. The smallest absolute Gasteiger partial charge is 0.203 e. The topological polar surface area (TPSA) is 76.4 Å². The molecule has 12 heavy (non-hydrogen) atoms. The average molecular weight is 170 g/mol. The Bertz CT molecular complexity index is 166. The Morgan fingerprint density at radius 2 is 2.33 bits per heavy atom. The van der Waals surface area contributed by atoms with Crippen LogP contribution in [0.4, 0.5) is 0 Å². The maximum absolute atomic E-state index is 5.41. The first-order valence-corrected chi connectivity index (χ1v) is 4.50. The molecule has 5 N–H and O–H groups in total. The first kappa shape index (κ1) is 9.32. The van der Waals surface area contributed by atoms with Crippen LogP contribution in [0.25, 0.3) is 0 Å². The maximum Gasteiger partial charge on any atom is 0.203 e. The van der Waals surface area contributed by atoms with Gasteiger partial charge in [-0.3, -0.25) is 10.4 Å². The van der Waals surface area contributed by atoms with Gasteiger partial charge in [0.05, 0.1) is 0 Å². The number of nitrogens with two attached hydrogens (primary N) is 2. The lowest BCUT2D eigenvalue weighted by atomic mass is 9.99. The number of guanidine groups is 1. The second kappa shape index (κ2) is 4.30. The van der Waals surface area contributed by atoms with E-state index >= 15 is 0 Å². The Hall–Kier alpha value is -0.770. The van der Waals surface area contributed by atoms with Crippen LogP contribution in [0.15, 0.2) is 4.99 Å². The van der Waals surface area contributed by atoms with Gasteiger partial charge in [0.1, 0.15) is 0 Å². The predicted octanol–water partition coefficient (Wildman–Crippen LogP) is 0.201. The summed E-state index contributed by atoms with van der Waals surface area (Å²) in [4.78, 5) is 4.13. The SMILES string of the molecule is CC1CCCC1CN=C(N)NN. The van der Waals surface area contributed by atoms with Gasteiger partial charge in [0, 0.05) is 6.54 Å². The highest BCUT2D eigenvalue weighted by atomic mass is 15.3. The summed E-state index contributed by atoms with van der Waals surface area (Å²) in [5, 5.41) is 0. The van der Waals surface area contributed by atoms with Gasteiger partial charge in [-0.1, -0.05) is 19.8 Å². The number of hydrogen-bond acceptors (Lipinski definition) is 2. The Labute approximate surface area is 73.4 Å². The third-order valence-corrected chi connectivity index (χ3v) is 2.68. The van der Waals surface area contributed by atoms with Gasteiger partial charge in [-0.15, -0.1) is 0 Å². The molecule has 1 aliphatic rings. The normalized spacial score (nSPS) is 30.7. The lowest BCUT2D eigenvalue weighted by Crippen LogP contribution is -2.37. The van der Waals surface area contributed by atoms with Crippen LogP contribution in [0.5, 0.6) is 0 Å². The standard InChI is InChI=1S/C8H18N4/c1-6-3-2-4-7(6)5-11-8(9)12-10/h6-7H,2-5,10H2,1H3,(H3,9,11,12). The second-order valence-electron chi connectivity index (χ2n) is 3.54. The average Bonchev–Trinajstić information content (AvgIpc) is 2.47. The molecule has 2 atom stereocenters. The molecule has 1 saturated carbocycles. The Kier molecular flexibility index (Phi) is 3.34. The van der Waals surface area contributed by atoms with Crippen molar-refractivity contribution >= 4 is 5.96 Å². The van der Waals surface area contributed by atoms with E-state index in [2.05, 4.69) is 17.3 Å². The van der Waals surface area contributed by atoms with Crippen LogP contribution in [0.1, 0.15) is 26.2 Å². The van der Waals surface area contributed by atoms with E-state index in [0.29, 0.717) is 11.9 Å². The van der Waals surface area contributed by atoms with E-state index in [-0.39, 0.29) is 0 Å². The van der Waals surface area contributed by atoms with Crippen molar-refractivity contribution in [3.05, 3.63) is 0 Å². The van der Waals surface area contributed by atoms with Crippen molar-refractivity contribution in [1.82, 2.24) is 5.43 Å². The number of hydrazine groups is 1. The van der Waals surface area contributed by atoms with Gasteiger partial charge >= 0.3 is 0 Å². The molecule has 0 spiro atoms. The van der Waals surface area contributed by atoms with Crippen molar-refractivity contribution in [2.45, 2.75) is 26.2 Å². The molecule has 4 heteroatoms. The Morgan fingerprint density at radius 1 is 1.58 bits per heavy atom. The van der Waals surface area contributed by atoms with Crippen LogP contribution < -0.4 is 17.0 Å². The molecule has 0 bridgehead atoms. The van der Waals surface area contributed by atoms with Crippen LogP contribution in [0, 0.1) is 11.8 Å². The van der Waals surface area contributed by atoms with E-state index in [1.54, 1.807) is 0 Å². The molecule has 0 amide bonds. The van der Waals surface area contributed by atoms with Gasteiger partial charge in [-0.25, -0.2) is 5.84 Å². The van der Waals surface area contributed by atoms with E-state index in [1.807, 2.05) is 0 Å². The third-order valence-electron chi connectivity index (χ3n) is 2.68. The molecule has 2 unspecified atom stereocenters. The zero-order valence-electron chi connectivity index (χ0n) is 7.59. The van der Waals surface area contributed by atoms with Crippen LogP contribution in [-0.4, -0.2) is 12.5 Å². The van der Waals surface area contributed by atoms with Crippen molar-refractivity contribution in [1.29, 1.82) is 0 Å². The monoisotopic (exact) mass is 170 g/mol. The highest BCUT2D eigenvalue weighted by Crippen LogP contribution is 2.30. The minimum atomic E-state index is 0.342. The summed E-state index contributed by atoms with van der Waals surface area (Å²) in [6, 6.07) is 0. The van der Waals surface area contributed by atoms with Gasteiger partial charge in [0.25, 0.3) is 0 Å². The number of nitrogens with one attached hydrogen (secondary N) is 1. The van der Waals surface area contributed by atoms with Crippen molar-refractivity contribution < 1.29 is 0 Å². The van der Waals surface area contributed by atoms with E-state index in [1.165, 1.54) is 19.3 Å². The molecule has 70 valence electrons. The van der Waals surface area contributed by atoms with Gasteiger partial charge in [-0.05, 0) is 18.3 Å². The fourth-order valence-electron chi connectivity index (χ4n) is 1.75. The summed E-state index contributed by atoms with van der Waals surface area (Å²) in [6.45, 7) is 3.09. The maximum atomic E-state index is 5.41. The zero-order valence-corrected chi connectivity index (χ0v) is 7.59.